The Hall–Kier alpha value is -2.52. The van der Waals surface area contributed by atoms with E-state index in [1.165, 1.54) is 0 Å². The number of pyridine rings is 1. The maximum absolute atomic E-state index is 10.1. The summed E-state index contributed by atoms with van der Waals surface area (Å²) in [4.78, 5) is 13.1. The SMILES string of the molecule is Cc1cnc(NC2CCCCC2O)nc1C(C#N)c1ccccn1. The summed E-state index contributed by atoms with van der Waals surface area (Å²) in [5.41, 5.74) is 2.17. The molecule has 0 saturated heterocycles. The smallest absolute Gasteiger partial charge is 0.223 e. The summed E-state index contributed by atoms with van der Waals surface area (Å²) < 4.78 is 0. The molecule has 2 N–H and O–H groups in total. The summed E-state index contributed by atoms with van der Waals surface area (Å²) in [6.45, 7) is 1.89. The van der Waals surface area contributed by atoms with E-state index in [1.807, 2.05) is 25.1 Å². The fraction of sp³-hybridized carbons (Fsp3) is 0.444. The lowest BCUT2D eigenvalue weighted by Gasteiger charge is -2.28. The maximum Gasteiger partial charge on any atom is 0.223 e. The number of aliphatic hydroxyl groups is 1. The summed E-state index contributed by atoms with van der Waals surface area (Å²) in [5.74, 6) is -0.0799. The van der Waals surface area contributed by atoms with Crippen molar-refractivity contribution in [3.63, 3.8) is 0 Å². The number of anilines is 1. The highest BCUT2D eigenvalue weighted by Gasteiger charge is 2.25. The van der Waals surface area contributed by atoms with Gasteiger partial charge in [0.15, 0.2) is 0 Å². The van der Waals surface area contributed by atoms with Crippen molar-refractivity contribution in [3.05, 3.63) is 47.5 Å². The number of aliphatic hydroxyl groups excluding tert-OH is 1. The predicted molar refractivity (Wildman–Crippen MR) is 90.3 cm³/mol. The van der Waals surface area contributed by atoms with Crippen LogP contribution in [0.5, 0.6) is 0 Å². The van der Waals surface area contributed by atoms with Crippen LogP contribution in [0.3, 0.4) is 0 Å². The van der Waals surface area contributed by atoms with Crippen LogP contribution in [-0.2, 0) is 0 Å². The fourth-order valence-electron chi connectivity index (χ4n) is 3.08. The summed E-state index contributed by atoms with van der Waals surface area (Å²) >= 11 is 0. The van der Waals surface area contributed by atoms with Crippen LogP contribution < -0.4 is 5.32 Å². The molecule has 1 aliphatic rings. The van der Waals surface area contributed by atoms with Gasteiger partial charge in [0.1, 0.15) is 5.92 Å². The van der Waals surface area contributed by atoms with Gasteiger partial charge in [-0.1, -0.05) is 18.9 Å². The van der Waals surface area contributed by atoms with E-state index in [0.717, 1.165) is 31.2 Å². The third-order valence-corrected chi connectivity index (χ3v) is 4.44. The molecule has 1 saturated carbocycles. The minimum absolute atomic E-state index is 0.0373. The van der Waals surface area contributed by atoms with E-state index >= 15 is 0 Å². The molecule has 2 heterocycles. The second kappa shape index (κ2) is 7.37. The predicted octanol–water partition coefficient (Wildman–Crippen LogP) is 2.55. The second-order valence-corrected chi connectivity index (χ2v) is 6.18. The van der Waals surface area contributed by atoms with Gasteiger partial charge in [0.2, 0.25) is 5.95 Å². The first-order valence-electron chi connectivity index (χ1n) is 8.27. The van der Waals surface area contributed by atoms with Gasteiger partial charge in [-0.2, -0.15) is 5.26 Å². The van der Waals surface area contributed by atoms with Crippen molar-refractivity contribution in [2.75, 3.05) is 5.32 Å². The van der Waals surface area contributed by atoms with Crippen LogP contribution in [0.4, 0.5) is 5.95 Å². The molecule has 0 spiro atoms. The van der Waals surface area contributed by atoms with Crippen molar-refractivity contribution in [3.8, 4) is 6.07 Å². The summed E-state index contributed by atoms with van der Waals surface area (Å²) in [6.07, 6.45) is 6.84. The molecule has 124 valence electrons. The Kier molecular flexibility index (Phi) is 5.02. The van der Waals surface area contributed by atoms with Crippen LogP contribution in [0, 0.1) is 18.3 Å². The number of aromatic nitrogens is 3. The van der Waals surface area contributed by atoms with E-state index < -0.39 is 5.92 Å². The molecule has 3 atom stereocenters. The van der Waals surface area contributed by atoms with Gasteiger partial charge in [-0.3, -0.25) is 4.98 Å². The van der Waals surface area contributed by atoms with Crippen molar-refractivity contribution in [1.29, 1.82) is 5.26 Å². The average Bonchev–Trinajstić information content (AvgIpc) is 2.61. The lowest BCUT2D eigenvalue weighted by atomic mass is 9.93. The first kappa shape index (κ1) is 16.3. The Morgan fingerprint density at radius 3 is 2.83 bits per heavy atom. The van der Waals surface area contributed by atoms with E-state index in [-0.39, 0.29) is 12.1 Å². The van der Waals surface area contributed by atoms with Gasteiger partial charge in [-0.15, -0.1) is 0 Å². The molecule has 0 amide bonds. The Morgan fingerprint density at radius 2 is 2.12 bits per heavy atom. The lowest BCUT2D eigenvalue weighted by molar-refractivity contribution is 0.116. The minimum Gasteiger partial charge on any atom is -0.391 e. The van der Waals surface area contributed by atoms with Crippen LogP contribution in [0.15, 0.2) is 30.6 Å². The number of hydrogen-bond acceptors (Lipinski definition) is 6. The molecule has 24 heavy (non-hydrogen) atoms. The molecular weight excluding hydrogens is 302 g/mol. The van der Waals surface area contributed by atoms with Crippen molar-refractivity contribution in [1.82, 2.24) is 15.0 Å². The molecule has 1 fully saturated rings. The Balaban J connectivity index is 1.87. The highest BCUT2D eigenvalue weighted by molar-refractivity contribution is 5.38. The maximum atomic E-state index is 10.1. The summed E-state index contributed by atoms with van der Waals surface area (Å²) in [7, 11) is 0. The van der Waals surface area contributed by atoms with Gasteiger partial charge in [0.05, 0.1) is 29.6 Å². The Labute approximate surface area is 141 Å². The van der Waals surface area contributed by atoms with Gasteiger partial charge in [-0.25, -0.2) is 9.97 Å². The molecule has 6 heteroatoms. The first-order valence-corrected chi connectivity index (χ1v) is 8.27. The zero-order valence-electron chi connectivity index (χ0n) is 13.7. The van der Waals surface area contributed by atoms with E-state index in [9.17, 15) is 10.4 Å². The number of nitriles is 1. The highest BCUT2D eigenvalue weighted by Crippen LogP contribution is 2.25. The number of nitrogens with zero attached hydrogens (tertiary/aromatic N) is 4. The molecule has 1 aliphatic carbocycles. The molecule has 0 radical (unpaired) electrons. The van der Waals surface area contributed by atoms with E-state index in [4.69, 9.17) is 0 Å². The Bertz CT molecular complexity index is 728. The van der Waals surface area contributed by atoms with Gasteiger partial charge in [-0.05, 0) is 37.5 Å². The lowest BCUT2D eigenvalue weighted by Crippen LogP contribution is -2.37. The second-order valence-electron chi connectivity index (χ2n) is 6.18. The zero-order chi connectivity index (χ0) is 16.9. The standard InChI is InChI=1S/C18H21N5O/c1-12-11-21-18(22-15-7-2-3-8-16(15)24)23-17(12)13(10-19)14-6-4-5-9-20-14/h4-6,9,11,13,15-16,24H,2-3,7-8H2,1H3,(H,21,22,23). The van der Waals surface area contributed by atoms with Crippen molar-refractivity contribution in [2.24, 2.45) is 0 Å². The number of aryl methyl sites for hydroxylation is 1. The molecule has 0 aromatic carbocycles. The molecule has 3 unspecified atom stereocenters. The van der Waals surface area contributed by atoms with Crippen LogP contribution in [0.1, 0.15) is 48.6 Å². The number of rotatable bonds is 4. The van der Waals surface area contributed by atoms with E-state index in [1.54, 1.807) is 12.4 Å². The monoisotopic (exact) mass is 323 g/mol. The topological polar surface area (TPSA) is 94.7 Å². The van der Waals surface area contributed by atoms with Gasteiger partial charge in [0, 0.05) is 12.4 Å². The number of nitrogens with one attached hydrogen (secondary N) is 1. The third-order valence-electron chi connectivity index (χ3n) is 4.44. The molecule has 2 aromatic heterocycles. The molecule has 0 bridgehead atoms. The van der Waals surface area contributed by atoms with Crippen LogP contribution in [0.25, 0.3) is 0 Å². The van der Waals surface area contributed by atoms with Crippen LogP contribution in [0.2, 0.25) is 0 Å². The summed E-state index contributed by atoms with van der Waals surface area (Å²) in [6, 6.07) is 7.76. The van der Waals surface area contributed by atoms with Gasteiger partial charge in [0.25, 0.3) is 0 Å². The van der Waals surface area contributed by atoms with Gasteiger partial charge >= 0.3 is 0 Å². The molecule has 2 aromatic rings. The van der Waals surface area contributed by atoms with E-state index in [2.05, 4.69) is 26.3 Å². The largest absolute Gasteiger partial charge is 0.391 e. The van der Waals surface area contributed by atoms with Gasteiger partial charge < -0.3 is 10.4 Å². The fourth-order valence-corrected chi connectivity index (χ4v) is 3.08. The van der Waals surface area contributed by atoms with Crippen LogP contribution >= 0.6 is 0 Å². The summed E-state index contributed by atoms with van der Waals surface area (Å²) in [5, 5.41) is 22.9. The Morgan fingerprint density at radius 1 is 1.29 bits per heavy atom. The third kappa shape index (κ3) is 3.52. The molecule has 6 nitrogen and oxygen atoms in total. The van der Waals surface area contributed by atoms with Crippen molar-refractivity contribution < 1.29 is 5.11 Å². The van der Waals surface area contributed by atoms with Crippen LogP contribution in [-0.4, -0.2) is 32.2 Å². The highest BCUT2D eigenvalue weighted by atomic mass is 16.3. The first-order chi connectivity index (χ1) is 11.7. The molecule has 3 rings (SSSR count). The molecule has 0 aliphatic heterocycles. The van der Waals surface area contributed by atoms with E-state index in [0.29, 0.717) is 17.3 Å². The molecular formula is C18H21N5O. The quantitative estimate of drug-likeness (QED) is 0.898. The minimum atomic E-state index is -0.536. The number of hydrogen-bond donors (Lipinski definition) is 2. The zero-order valence-corrected chi connectivity index (χ0v) is 13.7. The van der Waals surface area contributed by atoms with Crippen molar-refractivity contribution >= 4 is 5.95 Å². The van der Waals surface area contributed by atoms with Crippen molar-refractivity contribution in [2.45, 2.75) is 50.7 Å². The normalized spacial score (nSPS) is 21.7. The average molecular weight is 323 g/mol.